The van der Waals surface area contributed by atoms with Gasteiger partial charge < -0.3 is 10.1 Å². The molecule has 0 aliphatic carbocycles. The molecule has 0 fully saturated rings. The highest BCUT2D eigenvalue weighted by molar-refractivity contribution is 5.26. The van der Waals surface area contributed by atoms with E-state index >= 15 is 0 Å². The normalized spacial score (nSPS) is 13.4. The summed E-state index contributed by atoms with van der Waals surface area (Å²) in [5.74, 6) is 0. The molecular formula is C15H22F3NO. The molecule has 0 heterocycles. The number of rotatable bonds is 8. The summed E-state index contributed by atoms with van der Waals surface area (Å²) in [7, 11) is 0. The number of alkyl halides is 3. The average Bonchev–Trinajstić information content (AvgIpc) is 2.38. The van der Waals surface area contributed by atoms with Gasteiger partial charge in [0.05, 0.1) is 5.56 Å². The fraction of sp³-hybridized carbons (Fsp3) is 0.600. The van der Waals surface area contributed by atoms with Gasteiger partial charge in [0.2, 0.25) is 0 Å². The molecule has 1 unspecified atom stereocenters. The summed E-state index contributed by atoms with van der Waals surface area (Å²) in [6.07, 6.45) is -2.92. The lowest BCUT2D eigenvalue weighted by molar-refractivity contribution is -0.137. The van der Waals surface area contributed by atoms with Gasteiger partial charge in [-0.05, 0) is 37.9 Å². The highest BCUT2D eigenvalue weighted by Gasteiger charge is 2.30. The van der Waals surface area contributed by atoms with Crippen molar-refractivity contribution < 1.29 is 17.9 Å². The van der Waals surface area contributed by atoms with E-state index in [1.807, 2.05) is 13.8 Å². The first-order valence-corrected chi connectivity index (χ1v) is 6.94. The number of hydrogen-bond donors (Lipinski definition) is 1. The maximum atomic E-state index is 12.7. The summed E-state index contributed by atoms with van der Waals surface area (Å²) in [6.45, 7) is 5.97. The van der Waals surface area contributed by atoms with E-state index in [1.54, 1.807) is 6.07 Å². The van der Waals surface area contributed by atoms with Crippen molar-refractivity contribution in [3.63, 3.8) is 0 Å². The van der Waals surface area contributed by atoms with Crippen LogP contribution < -0.4 is 5.32 Å². The van der Waals surface area contributed by atoms with Crippen LogP contribution >= 0.6 is 0 Å². The lowest BCUT2D eigenvalue weighted by Gasteiger charge is -2.18. The maximum absolute atomic E-state index is 12.7. The van der Waals surface area contributed by atoms with Gasteiger partial charge >= 0.3 is 6.18 Å². The molecule has 1 rings (SSSR count). The van der Waals surface area contributed by atoms with Crippen LogP contribution in [0.3, 0.4) is 0 Å². The van der Waals surface area contributed by atoms with Gasteiger partial charge in [-0.1, -0.05) is 25.1 Å². The van der Waals surface area contributed by atoms with Crippen molar-refractivity contribution in [1.82, 2.24) is 5.32 Å². The Balaban J connectivity index is 2.67. The number of halogens is 3. The second kappa shape index (κ2) is 8.27. The van der Waals surface area contributed by atoms with Crippen LogP contribution in [0.1, 0.15) is 31.4 Å². The molecule has 0 aliphatic heterocycles. The van der Waals surface area contributed by atoms with E-state index in [0.29, 0.717) is 25.2 Å². The molecule has 0 spiro atoms. The Kier molecular flexibility index (Phi) is 7.02. The lowest BCUT2D eigenvalue weighted by atomic mass is 10.0. The second-order valence-electron chi connectivity index (χ2n) is 4.64. The lowest BCUT2D eigenvalue weighted by Crippen LogP contribution is -2.32. The summed E-state index contributed by atoms with van der Waals surface area (Å²) in [4.78, 5) is 0. The Morgan fingerprint density at radius 1 is 1.25 bits per heavy atom. The Hall–Kier alpha value is -1.07. The highest BCUT2D eigenvalue weighted by Crippen LogP contribution is 2.29. The van der Waals surface area contributed by atoms with Gasteiger partial charge in [0.1, 0.15) is 0 Å². The topological polar surface area (TPSA) is 21.3 Å². The molecule has 20 heavy (non-hydrogen) atoms. The molecule has 114 valence electrons. The largest absolute Gasteiger partial charge is 0.416 e. The summed E-state index contributed by atoms with van der Waals surface area (Å²) in [6, 6.07) is 5.66. The summed E-state index contributed by atoms with van der Waals surface area (Å²) in [5, 5.41) is 3.29. The van der Waals surface area contributed by atoms with E-state index in [0.717, 1.165) is 19.0 Å². The van der Waals surface area contributed by atoms with E-state index in [4.69, 9.17) is 4.74 Å². The van der Waals surface area contributed by atoms with E-state index in [9.17, 15) is 13.2 Å². The fourth-order valence-corrected chi connectivity index (χ4v) is 2.09. The van der Waals surface area contributed by atoms with E-state index in [1.165, 1.54) is 12.1 Å². The quantitative estimate of drug-likeness (QED) is 0.738. The van der Waals surface area contributed by atoms with Crippen molar-refractivity contribution in [2.24, 2.45) is 0 Å². The molecule has 0 saturated heterocycles. The van der Waals surface area contributed by atoms with Gasteiger partial charge in [0.15, 0.2) is 0 Å². The van der Waals surface area contributed by atoms with Gasteiger partial charge in [-0.25, -0.2) is 0 Å². The first-order chi connectivity index (χ1) is 9.47. The molecule has 2 nitrogen and oxygen atoms in total. The molecule has 0 saturated carbocycles. The third-order valence-electron chi connectivity index (χ3n) is 3.04. The van der Waals surface area contributed by atoms with Crippen molar-refractivity contribution in [3.05, 3.63) is 35.4 Å². The van der Waals surface area contributed by atoms with Crippen molar-refractivity contribution in [3.8, 4) is 0 Å². The zero-order valence-corrected chi connectivity index (χ0v) is 12.0. The molecule has 1 atom stereocenters. The van der Waals surface area contributed by atoms with Crippen LogP contribution in [0.15, 0.2) is 24.3 Å². The minimum atomic E-state index is -4.28. The molecule has 5 heteroatoms. The molecule has 0 amide bonds. The van der Waals surface area contributed by atoms with Crippen LogP contribution in [-0.4, -0.2) is 25.8 Å². The number of hydrogen-bond acceptors (Lipinski definition) is 2. The zero-order chi connectivity index (χ0) is 15.0. The maximum Gasteiger partial charge on any atom is 0.416 e. The Morgan fingerprint density at radius 2 is 2.00 bits per heavy atom. The zero-order valence-electron chi connectivity index (χ0n) is 12.0. The minimum absolute atomic E-state index is 0.134. The van der Waals surface area contributed by atoms with Crippen molar-refractivity contribution in [1.29, 1.82) is 0 Å². The van der Waals surface area contributed by atoms with Crippen LogP contribution in [0.2, 0.25) is 0 Å². The number of nitrogens with one attached hydrogen (secondary N) is 1. The number of ether oxygens (including phenoxy) is 1. The average molecular weight is 289 g/mol. The van der Waals surface area contributed by atoms with Gasteiger partial charge in [0, 0.05) is 19.3 Å². The Bertz CT molecular complexity index is 393. The summed E-state index contributed by atoms with van der Waals surface area (Å²) < 4.78 is 43.3. The smallest absolute Gasteiger partial charge is 0.382 e. The molecule has 1 aromatic rings. The Morgan fingerprint density at radius 3 is 2.60 bits per heavy atom. The van der Waals surface area contributed by atoms with E-state index < -0.39 is 11.7 Å². The second-order valence-corrected chi connectivity index (χ2v) is 4.64. The third kappa shape index (κ3) is 5.92. The molecule has 1 aromatic carbocycles. The SMILES string of the molecule is CCNC(CCOCC)Cc1cccc(C(F)(F)F)c1. The van der Waals surface area contributed by atoms with Crippen LogP contribution in [0.4, 0.5) is 13.2 Å². The standard InChI is InChI=1S/C15H22F3NO/c1-3-19-14(8-9-20-4-2)11-12-6-5-7-13(10-12)15(16,17)18/h5-7,10,14,19H,3-4,8-9,11H2,1-2H3. The van der Waals surface area contributed by atoms with E-state index in [2.05, 4.69) is 5.32 Å². The molecule has 0 aromatic heterocycles. The third-order valence-corrected chi connectivity index (χ3v) is 3.04. The van der Waals surface area contributed by atoms with Crippen molar-refractivity contribution in [2.45, 2.75) is 38.9 Å². The van der Waals surface area contributed by atoms with Crippen LogP contribution in [0.5, 0.6) is 0 Å². The monoisotopic (exact) mass is 289 g/mol. The van der Waals surface area contributed by atoms with Crippen molar-refractivity contribution in [2.75, 3.05) is 19.8 Å². The predicted molar refractivity (Wildman–Crippen MR) is 73.7 cm³/mol. The summed E-state index contributed by atoms with van der Waals surface area (Å²) in [5.41, 5.74) is 0.109. The van der Waals surface area contributed by atoms with Gasteiger partial charge in [-0.2, -0.15) is 13.2 Å². The number of likely N-dealkylation sites (N-methyl/N-ethyl adjacent to an activating group) is 1. The molecule has 0 radical (unpaired) electrons. The summed E-state index contributed by atoms with van der Waals surface area (Å²) >= 11 is 0. The van der Waals surface area contributed by atoms with Crippen LogP contribution in [0, 0.1) is 0 Å². The first kappa shape index (κ1) is 17.0. The first-order valence-electron chi connectivity index (χ1n) is 6.94. The van der Waals surface area contributed by atoms with Crippen molar-refractivity contribution >= 4 is 0 Å². The fourth-order valence-electron chi connectivity index (χ4n) is 2.09. The van der Waals surface area contributed by atoms with Crippen LogP contribution in [-0.2, 0) is 17.3 Å². The highest BCUT2D eigenvalue weighted by atomic mass is 19.4. The molecule has 1 N–H and O–H groups in total. The Labute approximate surface area is 118 Å². The van der Waals surface area contributed by atoms with Gasteiger partial charge in [-0.15, -0.1) is 0 Å². The van der Waals surface area contributed by atoms with Gasteiger partial charge in [-0.3, -0.25) is 0 Å². The predicted octanol–water partition coefficient (Wildman–Crippen LogP) is 3.65. The van der Waals surface area contributed by atoms with Crippen LogP contribution in [0.25, 0.3) is 0 Å². The molecular weight excluding hydrogens is 267 g/mol. The minimum Gasteiger partial charge on any atom is -0.382 e. The number of benzene rings is 1. The molecule has 0 bridgehead atoms. The molecule has 0 aliphatic rings. The van der Waals surface area contributed by atoms with E-state index in [-0.39, 0.29) is 6.04 Å². The van der Waals surface area contributed by atoms with Gasteiger partial charge in [0.25, 0.3) is 0 Å².